The number of halogens is 5. The van der Waals surface area contributed by atoms with E-state index in [1.165, 1.54) is 29.0 Å². The van der Waals surface area contributed by atoms with Crippen molar-refractivity contribution < 1.29 is 31.5 Å². The third-order valence-electron chi connectivity index (χ3n) is 6.73. The second-order valence-corrected chi connectivity index (χ2v) is 12.3. The molecular formula is C32H32F5N3O2S. The van der Waals surface area contributed by atoms with E-state index >= 15 is 4.39 Å². The number of aromatic nitrogens is 1. The summed E-state index contributed by atoms with van der Waals surface area (Å²) in [5.41, 5.74) is 2.05. The summed E-state index contributed by atoms with van der Waals surface area (Å²) in [6, 6.07) is 14.9. The minimum Gasteiger partial charge on any atom is -0.483 e. The van der Waals surface area contributed by atoms with Crippen LogP contribution in [0.3, 0.4) is 0 Å². The number of benzene rings is 3. The highest BCUT2D eigenvalue weighted by molar-refractivity contribution is 7.15. The molecular weight excluding hydrogens is 585 g/mol. The summed E-state index contributed by atoms with van der Waals surface area (Å²) in [6.07, 6.45) is -4.44. The molecule has 43 heavy (non-hydrogen) atoms. The zero-order valence-corrected chi connectivity index (χ0v) is 25.2. The Labute approximate surface area is 251 Å². The number of rotatable bonds is 9. The molecule has 1 heterocycles. The van der Waals surface area contributed by atoms with Crippen LogP contribution in [0.15, 0.2) is 60.7 Å². The Morgan fingerprint density at radius 2 is 1.58 bits per heavy atom. The van der Waals surface area contributed by atoms with E-state index in [1.54, 1.807) is 11.9 Å². The van der Waals surface area contributed by atoms with Gasteiger partial charge in [0.05, 0.1) is 22.8 Å². The van der Waals surface area contributed by atoms with E-state index in [4.69, 9.17) is 4.74 Å². The van der Waals surface area contributed by atoms with Gasteiger partial charge in [-0.1, -0.05) is 57.2 Å². The molecule has 4 rings (SSSR count). The first-order valence-electron chi connectivity index (χ1n) is 13.4. The Balaban J connectivity index is 1.38. The van der Waals surface area contributed by atoms with Crippen molar-refractivity contribution in [3.63, 3.8) is 0 Å². The average Bonchev–Trinajstić information content (AvgIpc) is 3.31. The van der Waals surface area contributed by atoms with Gasteiger partial charge in [0.15, 0.2) is 11.6 Å². The highest BCUT2D eigenvalue weighted by Crippen LogP contribution is 2.33. The van der Waals surface area contributed by atoms with Gasteiger partial charge in [-0.3, -0.25) is 9.69 Å². The summed E-state index contributed by atoms with van der Waals surface area (Å²) in [5, 5.41) is 3.03. The van der Waals surface area contributed by atoms with Crippen LogP contribution < -0.4 is 10.1 Å². The molecule has 1 amide bonds. The minimum absolute atomic E-state index is 0.0284. The van der Waals surface area contributed by atoms with Crippen LogP contribution in [-0.2, 0) is 24.7 Å². The number of hydrogen-bond donors (Lipinski definition) is 1. The molecule has 11 heteroatoms. The van der Waals surface area contributed by atoms with Gasteiger partial charge in [0.1, 0.15) is 23.0 Å². The number of aryl methyl sites for hydroxylation is 1. The van der Waals surface area contributed by atoms with Crippen LogP contribution in [0.25, 0.3) is 10.4 Å². The number of amides is 1. The minimum atomic E-state index is -4.44. The standard InChI is InChI=1S/C32H32F5N3O2S/c1-19-29(21-8-12-22(13-9-21)31(2,3)4)43-26(39-19)17-42-25-15-14-24(33)27(28(25)34)30(41)38-18-40(5)16-20-6-10-23(11-7-20)32(35,36)37/h6-15H,16-18H2,1-5H3,(H,38,41). The van der Waals surface area contributed by atoms with Crippen LogP contribution in [0.5, 0.6) is 5.75 Å². The number of nitrogens with zero attached hydrogens (tertiary/aromatic N) is 2. The number of hydrogen-bond acceptors (Lipinski definition) is 5. The topological polar surface area (TPSA) is 54.5 Å². The van der Waals surface area contributed by atoms with Crippen molar-refractivity contribution in [2.24, 2.45) is 0 Å². The molecule has 0 unspecified atom stereocenters. The van der Waals surface area contributed by atoms with Gasteiger partial charge in [0, 0.05) is 6.54 Å². The predicted octanol–water partition coefficient (Wildman–Crippen LogP) is 8.11. The van der Waals surface area contributed by atoms with Gasteiger partial charge in [-0.25, -0.2) is 13.8 Å². The molecule has 0 spiro atoms. The van der Waals surface area contributed by atoms with E-state index in [-0.39, 0.29) is 31.0 Å². The first-order valence-corrected chi connectivity index (χ1v) is 14.3. The van der Waals surface area contributed by atoms with Gasteiger partial charge in [-0.15, -0.1) is 11.3 Å². The van der Waals surface area contributed by atoms with Crippen LogP contribution in [0.1, 0.15) is 58.5 Å². The summed E-state index contributed by atoms with van der Waals surface area (Å²) < 4.78 is 73.7. The predicted molar refractivity (Wildman–Crippen MR) is 157 cm³/mol. The molecule has 0 bridgehead atoms. The van der Waals surface area contributed by atoms with Crippen molar-refractivity contribution in [3.8, 4) is 16.2 Å². The Morgan fingerprint density at radius 3 is 2.19 bits per heavy atom. The summed E-state index contributed by atoms with van der Waals surface area (Å²) in [6.45, 7) is 8.32. The fourth-order valence-electron chi connectivity index (χ4n) is 4.36. The molecule has 0 aliphatic rings. The van der Waals surface area contributed by atoms with E-state index in [1.807, 2.05) is 19.1 Å². The van der Waals surface area contributed by atoms with Gasteiger partial charge in [0.2, 0.25) is 0 Å². The molecule has 4 aromatic rings. The van der Waals surface area contributed by atoms with Gasteiger partial charge in [0.25, 0.3) is 5.91 Å². The van der Waals surface area contributed by atoms with E-state index in [9.17, 15) is 22.4 Å². The van der Waals surface area contributed by atoms with Crippen LogP contribution in [-0.4, -0.2) is 29.5 Å². The number of ether oxygens (including phenoxy) is 1. The molecule has 3 aromatic carbocycles. The van der Waals surface area contributed by atoms with E-state index in [2.05, 4.69) is 43.2 Å². The molecule has 0 fully saturated rings. The molecule has 5 nitrogen and oxygen atoms in total. The van der Waals surface area contributed by atoms with Crippen molar-refractivity contribution in [1.82, 2.24) is 15.2 Å². The molecule has 0 saturated carbocycles. The lowest BCUT2D eigenvalue weighted by Gasteiger charge is -2.19. The SMILES string of the molecule is Cc1nc(COc2ccc(F)c(C(=O)NCN(C)Cc3ccc(C(F)(F)F)cc3)c2F)sc1-c1ccc(C(C)(C)C)cc1. The Bertz CT molecular complexity index is 1580. The number of carbonyl (C=O) groups excluding carboxylic acids is 1. The lowest BCUT2D eigenvalue weighted by Crippen LogP contribution is -2.35. The largest absolute Gasteiger partial charge is 0.483 e. The maximum absolute atomic E-state index is 15.2. The number of carbonyl (C=O) groups is 1. The van der Waals surface area contributed by atoms with Gasteiger partial charge < -0.3 is 10.1 Å². The average molecular weight is 618 g/mol. The Hall–Kier alpha value is -3.83. The third-order valence-corrected chi connectivity index (χ3v) is 7.91. The monoisotopic (exact) mass is 617 g/mol. The Kier molecular flexibility index (Phi) is 9.56. The van der Waals surface area contributed by atoms with E-state index in [0.29, 0.717) is 10.6 Å². The lowest BCUT2D eigenvalue weighted by atomic mass is 9.86. The smallest absolute Gasteiger partial charge is 0.416 e. The highest BCUT2D eigenvalue weighted by Gasteiger charge is 2.30. The highest BCUT2D eigenvalue weighted by atomic mass is 32.1. The summed E-state index contributed by atoms with van der Waals surface area (Å²) in [7, 11) is 1.60. The molecule has 0 saturated heterocycles. The summed E-state index contributed by atoms with van der Waals surface area (Å²) in [5.74, 6) is -3.49. The third kappa shape index (κ3) is 7.97. The summed E-state index contributed by atoms with van der Waals surface area (Å²) >= 11 is 1.41. The molecule has 0 atom stereocenters. The van der Waals surface area contributed by atoms with E-state index < -0.39 is 34.8 Å². The second kappa shape index (κ2) is 12.8. The van der Waals surface area contributed by atoms with Crippen LogP contribution in [0, 0.1) is 18.6 Å². The first-order chi connectivity index (χ1) is 20.1. The van der Waals surface area contributed by atoms with Crippen molar-refractivity contribution in [3.05, 3.63) is 105 Å². The van der Waals surface area contributed by atoms with Crippen LogP contribution in [0.4, 0.5) is 22.0 Å². The molecule has 1 aromatic heterocycles. The Morgan fingerprint density at radius 1 is 0.953 bits per heavy atom. The molecule has 0 aliphatic carbocycles. The van der Waals surface area contributed by atoms with Crippen LogP contribution in [0.2, 0.25) is 0 Å². The van der Waals surface area contributed by atoms with E-state index in [0.717, 1.165) is 40.4 Å². The maximum atomic E-state index is 15.2. The van der Waals surface area contributed by atoms with Crippen molar-refractivity contribution >= 4 is 17.2 Å². The van der Waals surface area contributed by atoms with Gasteiger partial charge in [-0.05, 0) is 60.3 Å². The maximum Gasteiger partial charge on any atom is 0.416 e. The normalized spacial score (nSPS) is 12.1. The van der Waals surface area contributed by atoms with Crippen LogP contribution >= 0.6 is 11.3 Å². The number of thiazole rings is 1. The molecule has 0 aliphatic heterocycles. The summed E-state index contributed by atoms with van der Waals surface area (Å²) in [4.78, 5) is 19.8. The fraction of sp³-hybridized carbons (Fsp3) is 0.312. The molecule has 1 N–H and O–H groups in total. The zero-order valence-electron chi connectivity index (χ0n) is 24.4. The van der Waals surface area contributed by atoms with Crippen molar-refractivity contribution in [2.45, 2.75) is 52.4 Å². The quantitative estimate of drug-likeness (QED) is 0.152. The molecule has 228 valence electrons. The van der Waals surface area contributed by atoms with Crippen molar-refractivity contribution in [1.29, 1.82) is 0 Å². The second-order valence-electron chi connectivity index (χ2n) is 11.2. The lowest BCUT2D eigenvalue weighted by molar-refractivity contribution is -0.137. The number of alkyl halides is 3. The van der Waals surface area contributed by atoms with Gasteiger partial charge >= 0.3 is 6.18 Å². The first kappa shape index (κ1) is 32.1. The zero-order chi connectivity index (χ0) is 31.5. The van der Waals surface area contributed by atoms with Gasteiger partial charge in [-0.2, -0.15) is 13.2 Å². The number of nitrogens with one attached hydrogen (secondary N) is 1. The fourth-order valence-corrected chi connectivity index (χ4v) is 5.34. The molecule has 0 radical (unpaired) electrons. The van der Waals surface area contributed by atoms with Crippen molar-refractivity contribution in [2.75, 3.05) is 13.7 Å².